The number of aliphatic imine (C=N–C) groups is 1. The van der Waals surface area contributed by atoms with Gasteiger partial charge in [-0.2, -0.15) is 0 Å². The monoisotopic (exact) mass is 454 g/mol. The van der Waals surface area contributed by atoms with E-state index in [-0.39, 0.29) is 42.0 Å². The molecule has 0 aliphatic carbocycles. The Morgan fingerprint density at radius 2 is 1.88 bits per heavy atom. The highest BCUT2D eigenvalue weighted by atomic mass is 127. The van der Waals surface area contributed by atoms with Crippen LogP contribution in [-0.4, -0.2) is 37.5 Å². The molecule has 24 heavy (non-hydrogen) atoms. The smallest absolute Gasteiger partial charge is 0.239 e. The first-order valence-corrected chi connectivity index (χ1v) is 7.41. The summed E-state index contributed by atoms with van der Waals surface area (Å²) in [5, 5.41) is 8.63. The third-order valence-corrected chi connectivity index (χ3v) is 2.87. The molecule has 0 atom stereocenters. The van der Waals surface area contributed by atoms with E-state index in [9.17, 15) is 13.6 Å². The summed E-state index contributed by atoms with van der Waals surface area (Å²) in [6.45, 7) is 6.12. The van der Waals surface area contributed by atoms with Crippen LogP contribution in [0, 0.1) is 11.6 Å². The van der Waals surface area contributed by atoms with E-state index in [1.165, 1.54) is 12.1 Å². The molecular formula is C16H25F2IN4O. The minimum Gasteiger partial charge on any atom is -0.356 e. The van der Waals surface area contributed by atoms with Gasteiger partial charge in [-0.1, -0.05) is 12.1 Å². The molecule has 0 saturated heterocycles. The first-order valence-electron chi connectivity index (χ1n) is 7.41. The zero-order valence-corrected chi connectivity index (χ0v) is 16.7. The predicted octanol–water partition coefficient (Wildman–Crippen LogP) is 2.21. The molecule has 0 saturated carbocycles. The van der Waals surface area contributed by atoms with E-state index in [1.807, 2.05) is 20.8 Å². The van der Waals surface area contributed by atoms with Crippen LogP contribution in [-0.2, 0) is 11.2 Å². The number of carbonyl (C=O) groups excluding carboxylic acids is 1. The number of halogens is 3. The summed E-state index contributed by atoms with van der Waals surface area (Å²) in [5.74, 6) is -1.42. The summed E-state index contributed by atoms with van der Waals surface area (Å²) in [7, 11) is 1.57. The number of benzene rings is 1. The van der Waals surface area contributed by atoms with Crippen molar-refractivity contribution in [3.8, 4) is 0 Å². The van der Waals surface area contributed by atoms with Crippen LogP contribution in [0.5, 0.6) is 0 Å². The van der Waals surface area contributed by atoms with Gasteiger partial charge in [-0.15, -0.1) is 24.0 Å². The van der Waals surface area contributed by atoms with E-state index in [0.29, 0.717) is 24.5 Å². The van der Waals surface area contributed by atoms with Crippen LogP contribution >= 0.6 is 24.0 Å². The SMILES string of the molecule is CN=C(NCCc1cccc(F)c1F)NCC(=O)NC(C)(C)C.I. The van der Waals surface area contributed by atoms with Crippen LogP contribution in [0.4, 0.5) is 8.78 Å². The van der Waals surface area contributed by atoms with Gasteiger partial charge in [0.25, 0.3) is 0 Å². The summed E-state index contributed by atoms with van der Waals surface area (Å²) < 4.78 is 26.6. The predicted molar refractivity (Wildman–Crippen MR) is 103 cm³/mol. The van der Waals surface area contributed by atoms with E-state index in [2.05, 4.69) is 20.9 Å². The molecule has 1 aromatic carbocycles. The third kappa shape index (κ3) is 8.42. The van der Waals surface area contributed by atoms with Gasteiger partial charge in [0.1, 0.15) is 0 Å². The summed E-state index contributed by atoms with van der Waals surface area (Å²) >= 11 is 0. The van der Waals surface area contributed by atoms with E-state index in [4.69, 9.17) is 0 Å². The Labute approximate surface area is 158 Å². The lowest BCUT2D eigenvalue weighted by Crippen LogP contribution is -2.48. The second-order valence-corrected chi connectivity index (χ2v) is 6.11. The molecule has 1 amide bonds. The Morgan fingerprint density at radius 1 is 1.21 bits per heavy atom. The Bertz CT molecular complexity index is 574. The minimum atomic E-state index is -0.858. The molecule has 8 heteroatoms. The van der Waals surface area contributed by atoms with Gasteiger partial charge >= 0.3 is 0 Å². The van der Waals surface area contributed by atoms with Gasteiger partial charge in [0.05, 0.1) is 6.54 Å². The second kappa shape index (κ2) is 10.4. The zero-order chi connectivity index (χ0) is 17.5. The molecule has 0 unspecified atom stereocenters. The molecule has 0 fully saturated rings. The van der Waals surface area contributed by atoms with Crippen LogP contribution in [0.25, 0.3) is 0 Å². The maximum Gasteiger partial charge on any atom is 0.239 e. The fraction of sp³-hybridized carbons (Fsp3) is 0.500. The van der Waals surface area contributed by atoms with Crippen molar-refractivity contribution in [1.82, 2.24) is 16.0 Å². The normalized spacial score (nSPS) is 11.5. The molecule has 0 aliphatic rings. The number of carbonyl (C=O) groups is 1. The average Bonchev–Trinajstić information content (AvgIpc) is 2.45. The van der Waals surface area contributed by atoms with Crippen molar-refractivity contribution in [1.29, 1.82) is 0 Å². The third-order valence-electron chi connectivity index (χ3n) is 2.87. The fourth-order valence-corrected chi connectivity index (χ4v) is 1.90. The Balaban J connectivity index is 0.00000529. The molecule has 5 nitrogen and oxygen atoms in total. The Hall–Kier alpha value is -1.45. The van der Waals surface area contributed by atoms with Crippen LogP contribution < -0.4 is 16.0 Å². The van der Waals surface area contributed by atoms with E-state index in [0.717, 1.165) is 6.07 Å². The maximum absolute atomic E-state index is 13.5. The fourth-order valence-electron chi connectivity index (χ4n) is 1.90. The van der Waals surface area contributed by atoms with Crippen molar-refractivity contribution >= 4 is 35.8 Å². The van der Waals surface area contributed by atoms with Crippen LogP contribution in [0.2, 0.25) is 0 Å². The van der Waals surface area contributed by atoms with Crippen molar-refractivity contribution in [2.45, 2.75) is 32.7 Å². The van der Waals surface area contributed by atoms with Gasteiger partial charge in [0.2, 0.25) is 5.91 Å². The van der Waals surface area contributed by atoms with Crippen molar-refractivity contribution in [3.05, 3.63) is 35.4 Å². The van der Waals surface area contributed by atoms with Crippen LogP contribution in [0.3, 0.4) is 0 Å². The molecular weight excluding hydrogens is 429 g/mol. The molecule has 3 N–H and O–H groups in total. The van der Waals surface area contributed by atoms with Gasteiger partial charge in [0.15, 0.2) is 17.6 Å². The summed E-state index contributed by atoms with van der Waals surface area (Å²) in [5.41, 5.74) is -0.0108. The lowest BCUT2D eigenvalue weighted by atomic mass is 10.1. The van der Waals surface area contributed by atoms with E-state index >= 15 is 0 Å². The van der Waals surface area contributed by atoms with Crippen molar-refractivity contribution in [2.24, 2.45) is 4.99 Å². The van der Waals surface area contributed by atoms with E-state index < -0.39 is 11.6 Å². The lowest BCUT2D eigenvalue weighted by molar-refractivity contribution is -0.121. The van der Waals surface area contributed by atoms with Gasteiger partial charge in [-0.3, -0.25) is 9.79 Å². The number of nitrogens with one attached hydrogen (secondary N) is 3. The quantitative estimate of drug-likeness (QED) is 0.363. The highest BCUT2D eigenvalue weighted by Gasteiger charge is 2.13. The van der Waals surface area contributed by atoms with Gasteiger partial charge < -0.3 is 16.0 Å². The Kier molecular flexibility index (Phi) is 9.79. The van der Waals surface area contributed by atoms with Gasteiger partial charge in [0, 0.05) is 19.1 Å². The van der Waals surface area contributed by atoms with Crippen molar-refractivity contribution in [2.75, 3.05) is 20.1 Å². The molecule has 0 heterocycles. The number of hydrogen-bond donors (Lipinski definition) is 3. The zero-order valence-electron chi connectivity index (χ0n) is 14.4. The largest absolute Gasteiger partial charge is 0.356 e. The summed E-state index contributed by atoms with van der Waals surface area (Å²) in [4.78, 5) is 15.7. The maximum atomic E-state index is 13.5. The first-order chi connectivity index (χ1) is 10.7. The first kappa shape index (κ1) is 22.6. The molecule has 0 radical (unpaired) electrons. The van der Waals surface area contributed by atoms with Crippen molar-refractivity contribution in [3.63, 3.8) is 0 Å². The number of rotatable bonds is 5. The molecule has 136 valence electrons. The highest BCUT2D eigenvalue weighted by Crippen LogP contribution is 2.11. The average molecular weight is 454 g/mol. The molecule has 0 aromatic heterocycles. The minimum absolute atomic E-state index is 0. The molecule has 1 rings (SSSR count). The summed E-state index contributed by atoms with van der Waals surface area (Å²) in [6.07, 6.45) is 0.304. The van der Waals surface area contributed by atoms with Gasteiger partial charge in [-0.25, -0.2) is 8.78 Å². The summed E-state index contributed by atoms with van der Waals surface area (Å²) in [6, 6.07) is 4.09. The van der Waals surface area contributed by atoms with Crippen LogP contribution in [0.15, 0.2) is 23.2 Å². The van der Waals surface area contributed by atoms with Crippen LogP contribution in [0.1, 0.15) is 26.3 Å². The standard InChI is InChI=1S/C16H24F2N4O.HI/c1-16(2,3)22-13(23)10-21-15(19-4)20-9-8-11-6-5-7-12(17)14(11)18;/h5-7H,8-10H2,1-4H3,(H,22,23)(H2,19,20,21);1H. The number of nitrogens with zero attached hydrogens (tertiary/aromatic N) is 1. The van der Waals surface area contributed by atoms with E-state index in [1.54, 1.807) is 7.05 Å². The number of guanidine groups is 1. The topological polar surface area (TPSA) is 65.5 Å². The molecule has 0 spiro atoms. The highest BCUT2D eigenvalue weighted by molar-refractivity contribution is 14.0. The number of amides is 1. The lowest BCUT2D eigenvalue weighted by Gasteiger charge is -2.21. The molecule has 0 aliphatic heterocycles. The van der Waals surface area contributed by atoms with Crippen molar-refractivity contribution < 1.29 is 13.6 Å². The Morgan fingerprint density at radius 3 is 2.46 bits per heavy atom. The molecule has 0 bridgehead atoms. The number of hydrogen-bond acceptors (Lipinski definition) is 2. The van der Waals surface area contributed by atoms with Gasteiger partial charge in [-0.05, 0) is 38.8 Å². The second-order valence-electron chi connectivity index (χ2n) is 6.11. The molecule has 1 aromatic rings.